The molecular formula is C25H35N3O6. The maximum Gasteiger partial charge on any atom is 0.411 e. The molecule has 0 spiro atoms. The molecule has 1 aromatic rings. The second-order valence-electron chi connectivity index (χ2n) is 10.2. The Hall–Kier alpha value is -2.81. The van der Waals surface area contributed by atoms with Crippen molar-refractivity contribution in [2.75, 3.05) is 19.7 Å². The summed E-state index contributed by atoms with van der Waals surface area (Å²) in [4.78, 5) is 40.5. The lowest BCUT2D eigenvalue weighted by atomic mass is 10.0. The molecule has 34 heavy (non-hydrogen) atoms. The second kappa shape index (κ2) is 10.2. The van der Waals surface area contributed by atoms with Crippen LogP contribution in [-0.2, 0) is 14.3 Å². The van der Waals surface area contributed by atoms with Crippen LogP contribution in [0.3, 0.4) is 0 Å². The fourth-order valence-electron chi connectivity index (χ4n) is 4.73. The quantitative estimate of drug-likeness (QED) is 0.600. The summed E-state index contributed by atoms with van der Waals surface area (Å²) >= 11 is 0. The summed E-state index contributed by atoms with van der Waals surface area (Å²) in [6, 6.07) is 5.97. The molecule has 186 valence electrons. The Morgan fingerprint density at radius 2 is 1.88 bits per heavy atom. The number of nitrogens with one attached hydrogen (secondary N) is 2. The number of hydrogen-bond acceptors (Lipinski definition) is 6. The number of para-hydroxylation sites is 1. The van der Waals surface area contributed by atoms with Crippen LogP contribution in [0.2, 0.25) is 0 Å². The molecule has 2 saturated heterocycles. The molecule has 1 aromatic carbocycles. The molecule has 0 aliphatic carbocycles. The fraction of sp³-hybridized carbons (Fsp3) is 0.640. The van der Waals surface area contributed by atoms with E-state index in [1.165, 1.54) is 4.90 Å². The Balaban J connectivity index is 1.58. The molecule has 4 rings (SSSR count). The van der Waals surface area contributed by atoms with Crippen molar-refractivity contribution in [2.45, 2.75) is 82.8 Å². The SMILES string of the molecule is CC(C)(C)OC(=O)N1C[C@@H]2C[C@H]1C(=O)NC[C@@H]1CCC[C@@H](CCOc3ccccc3C(=O)N2)O1. The van der Waals surface area contributed by atoms with Gasteiger partial charge in [-0.3, -0.25) is 14.5 Å². The standard InChI is InChI=1S/C25H35N3O6/c1-25(2,3)34-24(31)28-15-16-13-20(28)23(30)26-14-18-8-6-7-17(33-18)11-12-32-21-10-5-4-9-19(21)22(29)27-16/h4-5,9-10,16-18,20H,6-8,11-15H2,1-3H3,(H,26,30)(H,27,29)/t16-,17-,18-,20-/m0/s1. The van der Waals surface area contributed by atoms with Gasteiger partial charge in [0.15, 0.2) is 0 Å². The van der Waals surface area contributed by atoms with Crippen LogP contribution in [0.1, 0.15) is 63.2 Å². The first kappa shape index (κ1) is 24.3. The number of carbonyl (C=O) groups excluding carboxylic acids is 3. The Bertz CT molecular complexity index is 914. The summed E-state index contributed by atoms with van der Waals surface area (Å²) < 4.78 is 17.7. The highest BCUT2D eigenvalue weighted by atomic mass is 16.6. The molecule has 2 fully saturated rings. The third-order valence-corrected chi connectivity index (χ3v) is 6.34. The van der Waals surface area contributed by atoms with Crippen LogP contribution >= 0.6 is 0 Å². The molecule has 3 amide bonds. The maximum atomic E-state index is 13.1. The minimum atomic E-state index is -0.737. The predicted octanol–water partition coefficient (Wildman–Crippen LogP) is 2.63. The van der Waals surface area contributed by atoms with E-state index in [1.807, 2.05) is 6.07 Å². The predicted molar refractivity (Wildman–Crippen MR) is 125 cm³/mol. The summed E-state index contributed by atoms with van der Waals surface area (Å²) in [7, 11) is 0. The van der Waals surface area contributed by atoms with E-state index in [0.717, 1.165) is 19.3 Å². The normalized spacial score (nSPS) is 28.3. The molecule has 4 atom stereocenters. The van der Waals surface area contributed by atoms with Crippen LogP contribution < -0.4 is 15.4 Å². The molecule has 0 unspecified atom stereocenters. The van der Waals surface area contributed by atoms with Gasteiger partial charge in [0.2, 0.25) is 5.91 Å². The first-order valence-electron chi connectivity index (χ1n) is 12.1. The zero-order valence-electron chi connectivity index (χ0n) is 20.2. The molecule has 9 heteroatoms. The maximum absolute atomic E-state index is 13.1. The minimum Gasteiger partial charge on any atom is -0.493 e. The molecule has 9 nitrogen and oxygen atoms in total. The third-order valence-electron chi connectivity index (χ3n) is 6.34. The highest BCUT2D eigenvalue weighted by Crippen LogP contribution is 2.26. The van der Waals surface area contributed by atoms with Gasteiger partial charge in [0.25, 0.3) is 5.91 Å². The van der Waals surface area contributed by atoms with E-state index in [1.54, 1.807) is 39.0 Å². The van der Waals surface area contributed by atoms with Gasteiger partial charge in [0.1, 0.15) is 17.4 Å². The van der Waals surface area contributed by atoms with Crippen LogP contribution in [-0.4, -0.2) is 72.4 Å². The first-order valence-corrected chi connectivity index (χ1v) is 12.1. The van der Waals surface area contributed by atoms with E-state index in [0.29, 0.717) is 37.3 Å². The molecule has 0 aromatic heterocycles. The van der Waals surface area contributed by atoms with Crippen molar-refractivity contribution in [3.05, 3.63) is 29.8 Å². The van der Waals surface area contributed by atoms with Crippen LogP contribution in [0.4, 0.5) is 4.79 Å². The number of nitrogens with zero attached hydrogens (tertiary/aromatic N) is 1. The number of fused-ring (bicyclic) bond motifs is 5. The van der Waals surface area contributed by atoms with E-state index >= 15 is 0 Å². The number of amides is 3. The third kappa shape index (κ3) is 6.00. The fourth-order valence-corrected chi connectivity index (χ4v) is 4.73. The monoisotopic (exact) mass is 473 g/mol. The molecule has 4 bridgehead atoms. The number of carbonyl (C=O) groups is 3. The van der Waals surface area contributed by atoms with Crippen molar-refractivity contribution in [3.63, 3.8) is 0 Å². The van der Waals surface area contributed by atoms with Crippen LogP contribution in [0.5, 0.6) is 5.75 Å². The Kier molecular flexibility index (Phi) is 7.30. The Morgan fingerprint density at radius 1 is 1.12 bits per heavy atom. The van der Waals surface area contributed by atoms with Gasteiger partial charge < -0.3 is 24.8 Å². The van der Waals surface area contributed by atoms with Crippen molar-refractivity contribution < 1.29 is 28.6 Å². The summed E-state index contributed by atoms with van der Waals surface area (Å²) in [5.74, 6) is -0.0493. The van der Waals surface area contributed by atoms with E-state index in [9.17, 15) is 14.4 Å². The second-order valence-corrected chi connectivity index (χ2v) is 10.2. The molecule has 0 radical (unpaired) electrons. The summed E-state index contributed by atoms with van der Waals surface area (Å²) in [6.45, 7) is 6.35. The van der Waals surface area contributed by atoms with Crippen molar-refractivity contribution >= 4 is 17.9 Å². The summed E-state index contributed by atoms with van der Waals surface area (Å²) in [5.41, 5.74) is -0.274. The molecule has 3 aliphatic rings. The topological polar surface area (TPSA) is 106 Å². The summed E-state index contributed by atoms with van der Waals surface area (Å²) in [6.07, 6.45) is 3.23. The van der Waals surface area contributed by atoms with Gasteiger partial charge >= 0.3 is 6.09 Å². The van der Waals surface area contributed by atoms with Gasteiger partial charge in [-0.05, 0) is 58.6 Å². The number of ether oxygens (including phenoxy) is 3. The van der Waals surface area contributed by atoms with Crippen LogP contribution in [0, 0.1) is 0 Å². The molecule has 3 heterocycles. The van der Waals surface area contributed by atoms with E-state index < -0.39 is 23.8 Å². The van der Waals surface area contributed by atoms with E-state index in [2.05, 4.69) is 10.6 Å². The molecule has 0 saturated carbocycles. The van der Waals surface area contributed by atoms with E-state index in [-0.39, 0.29) is 30.6 Å². The lowest BCUT2D eigenvalue weighted by molar-refractivity contribution is -0.127. The average molecular weight is 474 g/mol. The van der Waals surface area contributed by atoms with Gasteiger partial charge in [-0.1, -0.05) is 12.1 Å². The largest absolute Gasteiger partial charge is 0.493 e. The number of likely N-dealkylation sites (tertiary alicyclic amines) is 1. The van der Waals surface area contributed by atoms with Gasteiger partial charge in [-0.2, -0.15) is 0 Å². The molecule has 2 N–H and O–H groups in total. The van der Waals surface area contributed by atoms with Gasteiger partial charge in [-0.15, -0.1) is 0 Å². The van der Waals surface area contributed by atoms with Crippen molar-refractivity contribution in [1.82, 2.24) is 15.5 Å². The highest BCUT2D eigenvalue weighted by molar-refractivity contribution is 5.97. The molecular weight excluding hydrogens is 438 g/mol. The van der Waals surface area contributed by atoms with Gasteiger partial charge in [-0.25, -0.2) is 4.79 Å². The van der Waals surface area contributed by atoms with Crippen molar-refractivity contribution in [2.24, 2.45) is 0 Å². The van der Waals surface area contributed by atoms with Crippen molar-refractivity contribution in [1.29, 1.82) is 0 Å². The Morgan fingerprint density at radius 3 is 2.68 bits per heavy atom. The van der Waals surface area contributed by atoms with Crippen LogP contribution in [0.15, 0.2) is 24.3 Å². The van der Waals surface area contributed by atoms with Gasteiger partial charge in [0.05, 0.1) is 24.4 Å². The smallest absolute Gasteiger partial charge is 0.411 e. The lowest BCUT2D eigenvalue weighted by Crippen LogP contribution is -2.49. The van der Waals surface area contributed by atoms with Gasteiger partial charge in [0, 0.05) is 25.6 Å². The number of hydrogen-bond donors (Lipinski definition) is 2. The van der Waals surface area contributed by atoms with E-state index in [4.69, 9.17) is 14.2 Å². The first-order chi connectivity index (χ1) is 16.2. The zero-order chi connectivity index (χ0) is 24.3. The number of benzene rings is 1. The zero-order valence-corrected chi connectivity index (χ0v) is 20.2. The molecule has 3 aliphatic heterocycles. The van der Waals surface area contributed by atoms with Crippen molar-refractivity contribution in [3.8, 4) is 5.75 Å². The highest BCUT2D eigenvalue weighted by Gasteiger charge is 2.42. The lowest BCUT2D eigenvalue weighted by Gasteiger charge is -2.31. The minimum absolute atomic E-state index is 0.0404. The average Bonchev–Trinajstić information content (AvgIpc) is 3.20. The summed E-state index contributed by atoms with van der Waals surface area (Å²) in [5, 5.41) is 5.95. The van der Waals surface area contributed by atoms with Crippen LogP contribution in [0.25, 0.3) is 0 Å². The number of rotatable bonds is 0. The Labute approximate surface area is 200 Å².